The Hall–Kier alpha value is -1.64. The van der Waals surface area contributed by atoms with Crippen LogP contribution in [-0.4, -0.2) is 6.61 Å². The van der Waals surface area contributed by atoms with Crippen LogP contribution < -0.4 is 4.74 Å². The number of hydrogen-bond donors (Lipinski definition) is 0. The third-order valence-electron chi connectivity index (χ3n) is 7.71. The van der Waals surface area contributed by atoms with Crippen molar-refractivity contribution in [1.82, 2.24) is 0 Å². The first-order valence-corrected chi connectivity index (χ1v) is 12.1. The van der Waals surface area contributed by atoms with Crippen molar-refractivity contribution < 1.29 is 13.5 Å². The SMILES string of the molecule is CCCCOc1ccc(C2=CCC(C3=CCC4C(CCC)CCC34)CC2)c(F)c1F. The van der Waals surface area contributed by atoms with Crippen LogP contribution in [0.2, 0.25) is 0 Å². The zero-order valence-electron chi connectivity index (χ0n) is 18.6. The molecule has 164 valence electrons. The van der Waals surface area contributed by atoms with Gasteiger partial charge in [-0.2, -0.15) is 4.39 Å². The Morgan fingerprint density at radius 3 is 2.57 bits per heavy atom. The molecule has 1 nitrogen and oxygen atoms in total. The Labute approximate surface area is 180 Å². The van der Waals surface area contributed by atoms with Gasteiger partial charge < -0.3 is 4.74 Å². The first-order valence-electron chi connectivity index (χ1n) is 12.1. The maximum absolute atomic E-state index is 14.7. The topological polar surface area (TPSA) is 9.23 Å². The van der Waals surface area contributed by atoms with Crippen molar-refractivity contribution in [3.8, 4) is 5.75 Å². The van der Waals surface area contributed by atoms with Crippen LogP contribution in [0.3, 0.4) is 0 Å². The molecule has 4 atom stereocenters. The normalized spacial score (nSPS) is 28.3. The van der Waals surface area contributed by atoms with Crippen molar-refractivity contribution in [3.63, 3.8) is 0 Å². The molecule has 1 saturated carbocycles. The smallest absolute Gasteiger partial charge is 0.201 e. The summed E-state index contributed by atoms with van der Waals surface area (Å²) < 4.78 is 34.6. The van der Waals surface area contributed by atoms with Gasteiger partial charge in [0.25, 0.3) is 0 Å². The highest BCUT2D eigenvalue weighted by Gasteiger charge is 2.42. The molecule has 0 radical (unpaired) electrons. The predicted octanol–water partition coefficient (Wildman–Crippen LogP) is 8.10. The number of fused-ring (bicyclic) bond motifs is 1. The molecule has 1 aromatic rings. The second kappa shape index (κ2) is 9.66. The van der Waals surface area contributed by atoms with E-state index in [0.29, 0.717) is 18.1 Å². The molecular weight excluding hydrogens is 378 g/mol. The molecule has 4 unspecified atom stereocenters. The predicted molar refractivity (Wildman–Crippen MR) is 119 cm³/mol. The molecule has 1 fully saturated rings. The monoisotopic (exact) mass is 414 g/mol. The van der Waals surface area contributed by atoms with Gasteiger partial charge in [0.15, 0.2) is 11.6 Å². The van der Waals surface area contributed by atoms with E-state index in [1.165, 1.54) is 32.1 Å². The van der Waals surface area contributed by atoms with Gasteiger partial charge in [-0.1, -0.05) is 50.8 Å². The van der Waals surface area contributed by atoms with Crippen LogP contribution in [0.25, 0.3) is 5.57 Å². The number of rotatable bonds is 8. The van der Waals surface area contributed by atoms with Gasteiger partial charge in [0.2, 0.25) is 5.82 Å². The first-order chi connectivity index (χ1) is 14.6. The zero-order valence-corrected chi connectivity index (χ0v) is 18.6. The maximum atomic E-state index is 14.7. The largest absolute Gasteiger partial charge is 0.490 e. The van der Waals surface area contributed by atoms with E-state index in [0.717, 1.165) is 55.4 Å². The molecule has 3 aliphatic carbocycles. The number of unbranched alkanes of at least 4 members (excludes halogenated alkanes) is 1. The van der Waals surface area contributed by atoms with Crippen LogP contribution in [0.1, 0.15) is 83.6 Å². The van der Waals surface area contributed by atoms with Crippen molar-refractivity contribution in [2.24, 2.45) is 23.7 Å². The Morgan fingerprint density at radius 1 is 0.967 bits per heavy atom. The lowest BCUT2D eigenvalue weighted by molar-refractivity contribution is 0.288. The Morgan fingerprint density at radius 2 is 1.83 bits per heavy atom. The summed E-state index contributed by atoms with van der Waals surface area (Å²) in [6.07, 6.45) is 16.0. The fourth-order valence-corrected chi connectivity index (χ4v) is 6.14. The molecule has 4 rings (SSSR count). The minimum atomic E-state index is -0.846. The van der Waals surface area contributed by atoms with Gasteiger partial charge in [-0.25, -0.2) is 4.39 Å². The molecular formula is C27H36F2O. The summed E-state index contributed by atoms with van der Waals surface area (Å²) >= 11 is 0. The third-order valence-corrected chi connectivity index (χ3v) is 7.71. The van der Waals surface area contributed by atoms with E-state index in [-0.39, 0.29) is 5.75 Å². The highest BCUT2D eigenvalue weighted by molar-refractivity contribution is 5.67. The molecule has 0 spiro atoms. The summed E-state index contributed by atoms with van der Waals surface area (Å²) in [6, 6.07) is 3.29. The summed E-state index contributed by atoms with van der Waals surface area (Å²) in [7, 11) is 0. The first kappa shape index (κ1) is 21.6. The molecule has 0 aliphatic heterocycles. The number of halogens is 2. The summed E-state index contributed by atoms with van der Waals surface area (Å²) in [5.41, 5.74) is 3.05. The van der Waals surface area contributed by atoms with Crippen molar-refractivity contribution in [2.75, 3.05) is 6.61 Å². The Balaban J connectivity index is 1.42. The lowest BCUT2D eigenvalue weighted by Crippen LogP contribution is -2.17. The lowest BCUT2D eigenvalue weighted by atomic mass is 9.77. The molecule has 3 heteroatoms. The highest BCUT2D eigenvalue weighted by Crippen LogP contribution is 2.53. The fourth-order valence-electron chi connectivity index (χ4n) is 6.14. The molecule has 0 aromatic heterocycles. The molecule has 0 heterocycles. The molecule has 0 saturated heterocycles. The molecule has 0 bridgehead atoms. The van der Waals surface area contributed by atoms with E-state index < -0.39 is 11.6 Å². The molecule has 0 N–H and O–H groups in total. The van der Waals surface area contributed by atoms with Gasteiger partial charge in [0.05, 0.1) is 6.61 Å². The van der Waals surface area contributed by atoms with Gasteiger partial charge in [-0.3, -0.25) is 0 Å². The van der Waals surface area contributed by atoms with E-state index in [4.69, 9.17) is 4.74 Å². The van der Waals surface area contributed by atoms with E-state index in [1.54, 1.807) is 17.7 Å². The van der Waals surface area contributed by atoms with Crippen molar-refractivity contribution in [1.29, 1.82) is 0 Å². The quantitative estimate of drug-likeness (QED) is 0.308. The second-order valence-corrected chi connectivity index (χ2v) is 9.48. The Kier molecular flexibility index (Phi) is 6.95. The van der Waals surface area contributed by atoms with Crippen molar-refractivity contribution >= 4 is 5.57 Å². The van der Waals surface area contributed by atoms with Crippen molar-refractivity contribution in [3.05, 3.63) is 47.1 Å². The Bertz CT molecular complexity index is 809. The van der Waals surface area contributed by atoms with Gasteiger partial charge in [-0.15, -0.1) is 0 Å². The van der Waals surface area contributed by atoms with E-state index in [9.17, 15) is 8.78 Å². The van der Waals surface area contributed by atoms with E-state index in [2.05, 4.69) is 19.1 Å². The van der Waals surface area contributed by atoms with Crippen LogP contribution in [-0.2, 0) is 0 Å². The van der Waals surface area contributed by atoms with Crippen LogP contribution in [0.4, 0.5) is 8.78 Å². The molecule has 30 heavy (non-hydrogen) atoms. The van der Waals surface area contributed by atoms with Gasteiger partial charge in [0, 0.05) is 5.56 Å². The maximum Gasteiger partial charge on any atom is 0.201 e. The van der Waals surface area contributed by atoms with Crippen LogP contribution in [0.15, 0.2) is 29.9 Å². The second-order valence-electron chi connectivity index (χ2n) is 9.48. The lowest BCUT2D eigenvalue weighted by Gasteiger charge is -2.28. The number of allylic oxidation sites excluding steroid dienone is 4. The van der Waals surface area contributed by atoms with Crippen LogP contribution >= 0.6 is 0 Å². The summed E-state index contributed by atoms with van der Waals surface area (Å²) in [5.74, 6) is 1.59. The highest BCUT2D eigenvalue weighted by atomic mass is 19.2. The molecule has 1 aromatic carbocycles. The van der Waals surface area contributed by atoms with Gasteiger partial charge in [-0.05, 0) is 86.3 Å². The number of hydrogen-bond acceptors (Lipinski definition) is 1. The van der Waals surface area contributed by atoms with Crippen molar-refractivity contribution in [2.45, 2.75) is 78.1 Å². The standard InChI is InChI=1S/C27H36F2O/c1-3-5-17-30-25-16-15-23(26(28)27(25)29)20-9-7-19(8-10-20)22-14-13-21-18(6-4-2)11-12-24(21)22/h9,14-16,18-19,21,24H,3-8,10-13,17H2,1-2H3. The number of ether oxygens (including phenoxy) is 1. The van der Waals surface area contributed by atoms with Crippen LogP contribution in [0, 0.1) is 35.3 Å². The zero-order chi connectivity index (χ0) is 21.1. The summed E-state index contributed by atoms with van der Waals surface area (Å²) in [4.78, 5) is 0. The third kappa shape index (κ3) is 4.22. The minimum Gasteiger partial charge on any atom is -0.490 e. The van der Waals surface area contributed by atoms with Crippen LogP contribution in [0.5, 0.6) is 5.75 Å². The average molecular weight is 415 g/mol. The molecule has 0 amide bonds. The average Bonchev–Trinajstić information content (AvgIpc) is 3.35. The fraction of sp³-hybridized carbons (Fsp3) is 0.630. The minimum absolute atomic E-state index is 0.0315. The van der Waals surface area contributed by atoms with Gasteiger partial charge >= 0.3 is 0 Å². The summed E-state index contributed by atoms with van der Waals surface area (Å²) in [6.45, 7) is 4.77. The van der Waals surface area contributed by atoms with E-state index in [1.807, 2.05) is 6.92 Å². The van der Waals surface area contributed by atoms with E-state index >= 15 is 0 Å². The summed E-state index contributed by atoms with van der Waals surface area (Å²) in [5, 5.41) is 0. The van der Waals surface area contributed by atoms with Gasteiger partial charge in [0.1, 0.15) is 0 Å². The number of benzene rings is 1. The molecule has 3 aliphatic rings.